The van der Waals surface area contributed by atoms with Gasteiger partial charge in [-0.15, -0.1) is 0 Å². The maximum atomic E-state index is 12.9. The lowest BCUT2D eigenvalue weighted by atomic mass is 10.4. The third-order valence-electron chi connectivity index (χ3n) is 1.33. The van der Waals surface area contributed by atoms with Gasteiger partial charge in [-0.3, -0.25) is 0 Å². The lowest BCUT2D eigenvalue weighted by Crippen LogP contribution is -1.84. The second kappa shape index (κ2) is 2.27. The minimum Gasteiger partial charge on any atom is -0.344 e. The van der Waals surface area contributed by atoms with Gasteiger partial charge in [-0.25, -0.2) is 9.97 Å². The van der Waals surface area contributed by atoms with Crippen LogP contribution in [0.2, 0.25) is 0 Å². The van der Waals surface area contributed by atoms with E-state index in [0.29, 0.717) is 10.1 Å². The van der Waals surface area contributed by atoms with Crippen LogP contribution in [0.1, 0.15) is 0 Å². The maximum Gasteiger partial charge on any atom is 0.242 e. The summed E-state index contributed by atoms with van der Waals surface area (Å²) in [6.07, 6.45) is 1.43. The Balaban J connectivity index is 2.91. The number of hydrogen-bond acceptors (Lipinski definition) is 2. The first-order valence-corrected chi connectivity index (χ1v) is 3.72. The highest BCUT2D eigenvalue weighted by Gasteiger charge is 2.04. The van der Waals surface area contributed by atoms with Gasteiger partial charge in [0.1, 0.15) is 10.1 Å². The van der Waals surface area contributed by atoms with Crippen LogP contribution in [0, 0.1) is 5.95 Å². The highest BCUT2D eigenvalue weighted by molar-refractivity contribution is 9.10. The third kappa shape index (κ3) is 1.01. The van der Waals surface area contributed by atoms with E-state index in [1.165, 1.54) is 6.33 Å². The Bertz CT molecular complexity index is 398. The molecule has 0 amide bonds. The van der Waals surface area contributed by atoms with Gasteiger partial charge in [0.05, 0.1) is 11.8 Å². The van der Waals surface area contributed by atoms with Crippen LogP contribution in [-0.4, -0.2) is 15.0 Å². The van der Waals surface area contributed by atoms with Crippen molar-refractivity contribution in [1.29, 1.82) is 0 Å². The van der Waals surface area contributed by atoms with Gasteiger partial charge in [0, 0.05) is 0 Å². The number of pyridine rings is 1. The molecular formula is C6H3BrFN3. The van der Waals surface area contributed by atoms with Crippen molar-refractivity contribution in [2.24, 2.45) is 0 Å². The minimum absolute atomic E-state index is 0.271. The molecule has 0 aliphatic heterocycles. The van der Waals surface area contributed by atoms with Crippen molar-refractivity contribution in [1.82, 2.24) is 15.0 Å². The number of aromatic amines is 1. The van der Waals surface area contributed by atoms with Gasteiger partial charge >= 0.3 is 0 Å². The van der Waals surface area contributed by atoms with E-state index >= 15 is 0 Å². The van der Waals surface area contributed by atoms with Gasteiger partial charge in [-0.2, -0.15) is 4.39 Å². The van der Waals surface area contributed by atoms with Gasteiger partial charge < -0.3 is 4.98 Å². The molecule has 56 valence electrons. The fourth-order valence-corrected chi connectivity index (χ4v) is 1.26. The predicted molar refractivity (Wildman–Crippen MR) is 41.5 cm³/mol. The Morgan fingerprint density at radius 1 is 1.55 bits per heavy atom. The molecule has 2 aromatic heterocycles. The zero-order chi connectivity index (χ0) is 7.84. The molecule has 0 aliphatic carbocycles. The molecule has 5 heteroatoms. The summed E-state index contributed by atoms with van der Waals surface area (Å²) in [5.41, 5.74) is 0.914. The quantitative estimate of drug-likeness (QED) is 0.682. The average molecular weight is 216 g/mol. The number of fused-ring (bicyclic) bond motifs is 1. The van der Waals surface area contributed by atoms with Crippen molar-refractivity contribution in [2.75, 3.05) is 0 Å². The van der Waals surface area contributed by atoms with E-state index in [-0.39, 0.29) is 5.52 Å². The monoisotopic (exact) mass is 215 g/mol. The second-order valence-electron chi connectivity index (χ2n) is 2.03. The lowest BCUT2D eigenvalue weighted by Gasteiger charge is -1.90. The summed E-state index contributed by atoms with van der Waals surface area (Å²) in [5.74, 6) is -0.560. The summed E-state index contributed by atoms with van der Waals surface area (Å²) < 4.78 is 13.3. The molecule has 0 spiro atoms. The topological polar surface area (TPSA) is 41.6 Å². The van der Waals surface area contributed by atoms with Crippen molar-refractivity contribution in [3.8, 4) is 0 Å². The van der Waals surface area contributed by atoms with Gasteiger partial charge in [0.15, 0.2) is 0 Å². The van der Waals surface area contributed by atoms with Crippen molar-refractivity contribution in [3.63, 3.8) is 0 Å². The molecule has 0 atom stereocenters. The standard InChI is InChI=1S/C6H3BrFN3/c7-4-1-3-5(6(8)11-4)10-2-9-3/h1-2H,(H,9,10). The van der Waals surface area contributed by atoms with E-state index in [4.69, 9.17) is 0 Å². The molecule has 11 heavy (non-hydrogen) atoms. The number of H-pyrrole nitrogens is 1. The molecule has 2 rings (SSSR count). The highest BCUT2D eigenvalue weighted by Crippen LogP contribution is 2.16. The smallest absolute Gasteiger partial charge is 0.242 e. The Morgan fingerprint density at radius 2 is 2.36 bits per heavy atom. The zero-order valence-corrected chi connectivity index (χ0v) is 6.89. The number of nitrogens with one attached hydrogen (secondary N) is 1. The van der Waals surface area contributed by atoms with Crippen LogP contribution >= 0.6 is 15.9 Å². The maximum absolute atomic E-state index is 12.9. The average Bonchev–Trinajstić information content (AvgIpc) is 2.34. The Kier molecular flexibility index (Phi) is 1.38. The van der Waals surface area contributed by atoms with Crippen LogP contribution in [-0.2, 0) is 0 Å². The summed E-state index contributed by atoms with van der Waals surface area (Å²) in [7, 11) is 0. The molecule has 3 nitrogen and oxygen atoms in total. The van der Waals surface area contributed by atoms with Crippen LogP contribution in [0.25, 0.3) is 11.0 Å². The van der Waals surface area contributed by atoms with E-state index in [0.717, 1.165) is 0 Å². The van der Waals surface area contributed by atoms with E-state index in [1.54, 1.807) is 6.07 Å². The van der Waals surface area contributed by atoms with E-state index in [9.17, 15) is 4.39 Å². The van der Waals surface area contributed by atoms with Crippen molar-refractivity contribution in [2.45, 2.75) is 0 Å². The molecule has 0 bridgehead atoms. The molecule has 0 unspecified atom stereocenters. The van der Waals surface area contributed by atoms with Gasteiger partial charge in [0.2, 0.25) is 5.95 Å². The van der Waals surface area contributed by atoms with E-state index in [2.05, 4.69) is 30.9 Å². The molecule has 0 aromatic carbocycles. The summed E-state index contributed by atoms with van der Waals surface area (Å²) in [6, 6.07) is 1.67. The molecule has 0 saturated carbocycles. The van der Waals surface area contributed by atoms with Crippen LogP contribution in [0.4, 0.5) is 4.39 Å². The Hall–Kier alpha value is -0.970. The van der Waals surface area contributed by atoms with Gasteiger partial charge in [0.25, 0.3) is 0 Å². The van der Waals surface area contributed by atoms with Crippen molar-refractivity contribution in [3.05, 3.63) is 22.9 Å². The molecule has 0 radical (unpaired) electrons. The molecule has 0 fully saturated rings. The first-order valence-electron chi connectivity index (χ1n) is 2.92. The molecule has 0 aliphatic rings. The fraction of sp³-hybridized carbons (Fsp3) is 0. The van der Waals surface area contributed by atoms with Gasteiger partial charge in [-0.1, -0.05) is 0 Å². The third-order valence-corrected chi connectivity index (χ3v) is 1.74. The second-order valence-corrected chi connectivity index (χ2v) is 2.85. The highest BCUT2D eigenvalue weighted by atomic mass is 79.9. The number of aromatic nitrogens is 3. The number of imidazole rings is 1. The normalized spacial score (nSPS) is 10.7. The number of halogens is 2. The molecule has 2 aromatic rings. The van der Waals surface area contributed by atoms with Crippen LogP contribution < -0.4 is 0 Å². The Morgan fingerprint density at radius 3 is 3.18 bits per heavy atom. The van der Waals surface area contributed by atoms with Crippen LogP contribution in [0.5, 0.6) is 0 Å². The van der Waals surface area contributed by atoms with E-state index in [1.807, 2.05) is 0 Å². The van der Waals surface area contributed by atoms with Crippen molar-refractivity contribution >= 4 is 27.0 Å². The summed E-state index contributed by atoms with van der Waals surface area (Å²) in [6.45, 7) is 0. The molecule has 0 saturated heterocycles. The summed E-state index contributed by atoms with van der Waals surface area (Å²) in [4.78, 5) is 10.1. The first-order chi connectivity index (χ1) is 5.27. The SMILES string of the molecule is Fc1nc(Br)cc2[nH]cnc12. The zero-order valence-electron chi connectivity index (χ0n) is 5.31. The number of rotatable bonds is 0. The summed E-state index contributed by atoms with van der Waals surface area (Å²) in [5, 5.41) is 0. The van der Waals surface area contributed by atoms with Crippen LogP contribution in [0.15, 0.2) is 17.0 Å². The molecular weight excluding hydrogens is 213 g/mol. The predicted octanol–water partition coefficient (Wildman–Crippen LogP) is 1.86. The fourth-order valence-electron chi connectivity index (χ4n) is 0.877. The van der Waals surface area contributed by atoms with E-state index < -0.39 is 5.95 Å². The molecule has 1 N–H and O–H groups in total. The van der Waals surface area contributed by atoms with Gasteiger partial charge in [-0.05, 0) is 22.0 Å². The Labute approximate surface area is 69.8 Å². The lowest BCUT2D eigenvalue weighted by molar-refractivity contribution is 0.591. The number of hydrogen-bond donors (Lipinski definition) is 1. The minimum atomic E-state index is -0.560. The first kappa shape index (κ1) is 6.72. The number of nitrogens with zero attached hydrogens (tertiary/aromatic N) is 2. The van der Waals surface area contributed by atoms with Crippen LogP contribution in [0.3, 0.4) is 0 Å². The largest absolute Gasteiger partial charge is 0.344 e. The summed E-state index contributed by atoms with van der Waals surface area (Å²) >= 11 is 3.07. The molecule has 2 heterocycles. The van der Waals surface area contributed by atoms with Crippen molar-refractivity contribution < 1.29 is 4.39 Å².